The van der Waals surface area contributed by atoms with Gasteiger partial charge in [0, 0.05) is 13.1 Å². The van der Waals surface area contributed by atoms with E-state index in [0.29, 0.717) is 25.4 Å². The minimum Gasteiger partial charge on any atom is -0.469 e. The minimum absolute atomic E-state index is 0.146. The standard InChI is InChI=1S/C17H26BrN3O4/c1-4-5-10-25-17(23)20-8-6-13(7-9-20)21-12(2)16(18)14(19-21)11-15(22)24-3/h13H,4-11H2,1-3H3. The summed E-state index contributed by atoms with van der Waals surface area (Å²) in [6.45, 7) is 5.83. The zero-order chi connectivity index (χ0) is 18.4. The molecule has 7 nitrogen and oxygen atoms in total. The summed E-state index contributed by atoms with van der Waals surface area (Å²) in [5, 5.41) is 4.59. The first-order chi connectivity index (χ1) is 12.0. The number of hydrogen-bond donors (Lipinski definition) is 0. The predicted octanol–water partition coefficient (Wildman–Crippen LogP) is 3.24. The number of carbonyl (C=O) groups is 2. The third kappa shape index (κ3) is 4.96. The molecule has 1 amide bonds. The maximum atomic E-state index is 12.0. The molecule has 0 bridgehead atoms. The molecular formula is C17H26BrN3O4. The lowest BCUT2D eigenvalue weighted by atomic mass is 10.1. The van der Waals surface area contributed by atoms with Gasteiger partial charge >= 0.3 is 12.1 Å². The van der Waals surface area contributed by atoms with E-state index in [9.17, 15) is 9.59 Å². The molecule has 1 fully saturated rings. The predicted molar refractivity (Wildman–Crippen MR) is 96.5 cm³/mol. The number of hydrogen-bond acceptors (Lipinski definition) is 5. The van der Waals surface area contributed by atoms with Crippen molar-refractivity contribution in [3.8, 4) is 0 Å². The van der Waals surface area contributed by atoms with Crippen LogP contribution in [0.1, 0.15) is 50.0 Å². The van der Waals surface area contributed by atoms with Crippen molar-refractivity contribution in [2.75, 3.05) is 26.8 Å². The number of unbranched alkanes of at least 4 members (excludes halogenated alkanes) is 1. The van der Waals surface area contributed by atoms with Gasteiger partial charge in [-0.3, -0.25) is 9.48 Å². The van der Waals surface area contributed by atoms with Crippen LogP contribution in [0, 0.1) is 6.92 Å². The number of aromatic nitrogens is 2. The van der Waals surface area contributed by atoms with Crippen LogP contribution in [0.2, 0.25) is 0 Å². The molecule has 0 unspecified atom stereocenters. The van der Waals surface area contributed by atoms with Crippen LogP contribution in [0.4, 0.5) is 4.79 Å². The van der Waals surface area contributed by atoms with E-state index < -0.39 is 0 Å². The molecule has 140 valence electrons. The van der Waals surface area contributed by atoms with Crippen LogP contribution < -0.4 is 0 Å². The Kier molecular flexibility index (Phi) is 7.28. The summed E-state index contributed by atoms with van der Waals surface area (Å²) in [5.41, 5.74) is 1.67. The maximum absolute atomic E-state index is 12.0. The fraction of sp³-hybridized carbons (Fsp3) is 0.706. The van der Waals surface area contributed by atoms with Gasteiger partial charge in [-0.25, -0.2) is 4.79 Å². The Morgan fingerprint density at radius 2 is 2.00 bits per heavy atom. The summed E-state index contributed by atoms with van der Waals surface area (Å²) in [6, 6.07) is 0.211. The van der Waals surface area contributed by atoms with E-state index >= 15 is 0 Å². The zero-order valence-electron chi connectivity index (χ0n) is 15.1. The molecule has 2 heterocycles. The van der Waals surface area contributed by atoms with E-state index in [-0.39, 0.29) is 24.5 Å². The van der Waals surface area contributed by atoms with Crippen LogP contribution in [0.3, 0.4) is 0 Å². The average Bonchev–Trinajstić information content (AvgIpc) is 2.90. The SMILES string of the molecule is CCCCOC(=O)N1CCC(n2nc(CC(=O)OC)c(Br)c2C)CC1. The summed E-state index contributed by atoms with van der Waals surface area (Å²) < 4.78 is 12.8. The number of carbonyl (C=O) groups excluding carboxylic acids is 2. The minimum atomic E-state index is -0.310. The van der Waals surface area contributed by atoms with Crippen molar-refractivity contribution in [3.05, 3.63) is 15.9 Å². The van der Waals surface area contributed by atoms with Crippen molar-refractivity contribution >= 4 is 28.0 Å². The quantitative estimate of drug-likeness (QED) is 0.526. The number of nitrogens with zero attached hydrogens (tertiary/aromatic N) is 3. The highest BCUT2D eigenvalue weighted by atomic mass is 79.9. The van der Waals surface area contributed by atoms with Gasteiger partial charge in [-0.05, 0) is 42.1 Å². The molecule has 2 rings (SSSR count). The van der Waals surface area contributed by atoms with E-state index in [4.69, 9.17) is 9.47 Å². The highest BCUT2D eigenvalue weighted by Gasteiger charge is 2.27. The van der Waals surface area contributed by atoms with Crippen molar-refractivity contribution in [1.29, 1.82) is 0 Å². The highest BCUT2D eigenvalue weighted by molar-refractivity contribution is 9.10. The first-order valence-corrected chi connectivity index (χ1v) is 9.49. The second-order valence-electron chi connectivity index (χ2n) is 6.23. The smallest absolute Gasteiger partial charge is 0.409 e. The number of halogens is 1. The van der Waals surface area contributed by atoms with E-state index in [2.05, 4.69) is 28.0 Å². The molecule has 0 aromatic carbocycles. The number of rotatable bonds is 6. The van der Waals surface area contributed by atoms with Gasteiger partial charge < -0.3 is 14.4 Å². The monoisotopic (exact) mass is 415 g/mol. The van der Waals surface area contributed by atoms with Gasteiger partial charge in [0.2, 0.25) is 0 Å². The molecule has 1 aromatic heterocycles. The largest absolute Gasteiger partial charge is 0.469 e. The first-order valence-electron chi connectivity index (χ1n) is 8.69. The lowest BCUT2D eigenvalue weighted by Crippen LogP contribution is -2.39. The number of methoxy groups -OCH3 is 1. The molecule has 25 heavy (non-hydrogen) atoms. The molecule has 1 aliphatic rings. The third-order valence-corrected chi connectivity index (χ3v) is 5.51. The first kappa shape index (κ1) is 19.8. The van der Waals surface area contributed by atoms with Crippen LogP contribution in [0.15, 0.2) is 4.47 Å². The molecule has 0 aliphatic carbocycles. The Bertz CT molecular complexity index is 609. The average molecular weight is 416 g/mol. The zero-order valence-corrected chi connectivity index (χ0v) is 16.7. The Labute approximate surface area is 156 Å². The Morgan fingerprint density at radius 3 is 2.60 bits per heavy atom. The van der Waals surface area contributed by atoms with Crippen molar-refractivity contribution in [2.45, 2.75) is 52.0 Å². The number of amides is 1. The second-order valence-corrected chi connectivity index (χ2v) is 7.02. The van der Waals surface area contributed by atoms with Gasteiger partial charge in [0.25, 0.3) is 0 Å². The van der Waals surface area contributed by atoms with E-state index in [1.165, 1.54) is 7.11 Å². The lowest BCUT2D eigenvalue weighted by Gasteiger charge is -2.32. The molecule has 1 aromatic rings. The Hall–Kier alpha value is -1.57. The number of esters is 1. The van der Waals surface area contributed by atoms with E-state index in [1.54, 1.807) is 4.90 Å². The number of likely N-dealkylation sites (tertiary alicyclic amines) is 1. The number of ether oxygens (including phenoxy) is 2. The van der Waals surface area contributed by atoms with Crippen molar-refractivity contribution in [1.82, 2.24) is 14.7 Å². The fourth-order valence-corrected chi connectivity index (χ4v) is 3.32. The molecule has 0 N–H and O–H groups in total. The number of piperidine rings is 1. The maximum Gasteiger partial charge on any atom is 0.409 e. The van der Waals surface area contributed by atoms with Crippen LogP contribution in [0.5, 0.6) is 0 Å². The molecular weight excluding hydrogens is 390 g/mol. The van der Waals surface area contributed by atoms with Gasteiger partial charge in [0.05, 0.1) is 42.0 Å². The molecule has 1 aliphatic heterocycles. The molecule has 0 saturated carbocycles. The van der Waals surface area contributed by atoms with Crippen LogP contribution in [-0.2, 0) is 20.7 Å². The molecule has 0 atom stereocenters. The summed E-state index contributed by atoms with van der Waals surface area (Å²) in [5.74, 6) is -0.310. The van der Waals surface area contributed by atoms with E-state index in [1.807, 2.05) is 11.6 Å². The van der Waals surface area contributed by atoms with Crippen molar-refractivity contribution < 1.29 is 19.1 Å². The molecule has 1 saturated heterocycles. The van der Waals surface area contributed by atoms with Crippen molar-refractivity contribution in [3.63, 3.8) is 0 Å². The second kappa shape index (κ2) is 9.22. The van der Waals surface area contributed by atoms with Gasteiger partial charge in [0.15, 0.2) is 0 Å². The molecule has 8 heteroatoms. The van der Waals surface area contributed by atoms with E-state index in [0.717, 1.165) is 35.8 Å². The summed E-state index contributed by atoms with van der Waals surface area (Å²) >= 11 is 3.52. The van der Waals surface area contributed by atoms with Crippen molar-refractivity contribution in [2.24, 2.45) is 0 Å². The van der Waals surface area contributed by atoms with Gasteiger partial charge in [-0.1, -0.05) is 13.3 Å². The van der Waals surface area contributed by atoms with Gasteiger partial charge in [-0.2, -0.15) is 5.10 Å². The summed E-state index contributed by atoms with van der Waals surface area (Å²) in [7, 11) is 1.37. The Balaban J connectivity index is 1.95. The highest BCUT2D eigenvalue weighted by Crippen LogP contribution is 2.29. The van der Waals surface area contributed by atoms with Crippen LogP contribution in [-0.4, -0.2) is 53.5 Å². The topological polar surface area (TPSA) is 73.7 Å². The molecule has 0 radical (unpaired) electrons. The fourth-order valence-electron chi connectivity index (χ4n) is 2.92. The Morgan fingerprint density at radius 1 is 1.32 bits per heavy atom. The normalized spacial score (nSPS) is 15.3. The van der Waals surface area contributed by atoms with Crippen LogP contribution >= 0.6 is 15.9 Å². The molecule has 0 spiro atoms. The summed E-state index contributed by atoms with van der Waals surface area (Å²) in [4.78, 5) is 25.3. The summed E-state index contributed by atoms with van der Waals surface area (Å²) in [6.07, 6.45) is 3.46. The third-order valence-electron chi connectivity index (χ3n) is 4.47. The van der Waals surface area contributed by atoms with Gasteiger partial charge in [-0.15, -0.1) is 0 Å². The lowest BCUT2D eigenvalue weighted by molar-refractivity contribution is -0.139. The van der Waals surface area contributed by atoms with Gasteiger partial charge in [0.1, 0.15) is 0 Å². The van der Waals surface area contributed by atoms with Crippen LogP contribution in [0.25, 0.3) is 0 Å².